The molecule has 2 aromatic carbocycles. The highest BCUT2D eigenvalue weighted by atomic mass is 19.1. The van der Waals surface area contributed by atoms with Crippen LogP contribution in [0.2, 0.25) is 0 Å². The van der Waals surface area contributed by atoms with Crippen LogP contribution in [0.1, 0.15) is 16.8 Å². The smallest absolute Gasteiger partial charge is 0.224 e. The predicted octanol–water partition coefficient (Wildman–Crippen LogP) is 3.61. The van der Waals surface area contributed by atoms with E-state index in [9.17, 15) is 13.6 Å². The zero-order chi connectivity index (χ0) is 16.4. The van der Waals surface area contributed by atoms with Crippen LogP contribution in [0.25, 0.3) is 10.9 Å². The number of benzene rings is 2. The van der Waals surface area contributed by atoms with Crippen LogP contribution >= 0.6 is 0 Å². The largest absolute Gasteiger partial charge is 0.358 e. The number of hydrogen-bond donors (Lipinski definition) is 2. The van der Waals surface area contributed by atoms with Crippen molar-refractivity contribution in [3.8, 4) is 0 Å². The van der Waals surface area contributed by atoms with Crippen molar-refractivity contribution in [2.45, 2.75) is 19.9 Å². The number of rotatable bonds is 4. The lowest BCUT2D eigenvalue weighted by atomic mass is 10.1. The van der Waals surface area contributed by atoms with Gasteiger partial charge in [0.2, 0.25) is 5.91 Å². The van der Waals surface area contributed by atoms with Gasteiger partial charge in [0.05, 0.1) is 6.42 Å². The molecule has 0 aliphatic carbocycles. The van der Waals surface area contributed by atoms with E-state index in [2.05, 4.69) is 10.3 Å². The first-order chi connectivity index (χ1) is 11.0. The van der Waals surface area contributed by atoms with Gasteiger partial charge in [-0.15, -0.1) is 0 Å². The van der Waals surface area contributed by atoms with Gasteiger partial charge in [0, 0.05) is 23.1 Å². The average Bonchev–Trinajstić information content (AvgIpc) is 2.81. The number of aromatic nitrogens is 1. The van der Waals surface area contributed by atoms with Crippen molar-refractivity contribution in [2.24, 2.45) is 0 Å². The highest BCUT2D eigenvalue weighted by Gasteiger charge is 2.13. The molecule has 0 radical (unpaired) electrons. The van der Waals surface area contributed by atoms with E-state index in [4.69, 9.17) is 0 Å². The number of hydrogen-bond acceptors (Lipinski definition) is 1. The van der Waals surface area contributed by atoms with Crippen LogP contribution in [-0.4, -0.2) is 10.9 Å². The minimum atomic E-state index is -0.335. The van der Waals surface area contributed by atoms with E-state index in [-0.39, 0.29) is 30.5 Å². The van der Waals surface area contributed by atoms with Crippen LogP contribution in [0.5, 0.6) is 0 Å². The molecule has 2 N–H and O–H groups in total. The van der Waals surface area contributed by atoms with Crippen molar-refractivity contribution >= 4 is 16.8 Å². The molecule has 0 saturated carbocycles. The molecule has 1 heterocycles. The molecule has 0 fully saturated rings. The summed E-state index contributed by atoms with van der Waals surface area (Å²) in [6.45, 7) is 2.11. The number of aromatic amines is 1. The maximum atomic E-state index is 13.4. The van der Waals surface area contributed by atoms with Gasteiger partial charge in [-0.25, -0.2) is 8.78 Å². The maximum Gasteiger partial charge on any atom is 0.224 e. The zero-order valence-corrected chi connectivity index (χ0v) is 12.6. The lowest BCUT2D eigenvalue weighted by Gasteiger charge is -2.06. The molecule has 3 rings (SSSR count). The minimum absolute atomic E-state index is 0.143. The summed E-state index contributed by atoms with van der Waals surface area (Å²) < 4.78 is 26.5. The third-order valence-electron chi connectivity index (χ3n) is 3.80. The Kier molecular flexibility index (Phi) is 4.10. The second kappa shape index (κ2) is 6.20. The van der Waals surface area contributed by atoms with Crippen LogP contribution in [0, 0.1) is 18.6 Å². The van der Waals surface area contributed by atoms with Gasteiger partial charge in [-0.2, -0.15) is 0 Å². The van der Waals surface area contributed by atoms with Crippen molar-refractivity contribution in [3.63, 3.8) is 0 Å². The number of carbonyl (C=O) groups excluding carboxylic acids is 1. The second-order valence-corrected chi connectivity index (χ2v) is 5.50. The Morgan fingerprint density at radius 3 is 2.70 bits per heavy atom. The molecule has 3 aromatic rings. The van der Waals surface area contributed by atoms with Gasteiger partial charge in [-0.1, -0.05) is 12.1 Å². The number of amides is 1. The highest BCUT2D eigenvalue weighted by Crippen LogP contribution is 2.23. The summed E-state index contributed by atoms with van der Waals surface area (Å²) in [7, 11) is 0. The van der Waals surface area contributed by atoms with E-state index in [1.807, 2.05) is 6.92 Å². The maximum absolute atomic E-state index is 13.4. The molecule has 1 amide bonds. The summed E-state index contributed by atoms with van der Waals surface area (Å²) in [6, 6.07) is 10.5. The molecule has 0 unspecified atom stereocenters. The number of carbonyl (C=O) groups is 1. The first-order valence-corrected chi connectivity index (χ1v) is 7.31. The molecule has 0 aliphatic heterocycles. The Balaban J connectivity index is 1.73. The van der Waals surface area contributed by atoms with Gasteiger partial charge in [0.1, 0.15) is 11.6 Å². The Bertz CT molecular complexity index is 871. The van der Waals surface area contributed by atoms with Crippen molar-refractivity contribution in [3.05, 3.63) is 70.9 Å². The standard InChI is InChI=1S/C18H16F2N2O/c1-11-15(16-8-14(20)5-6-17(16)22-11)9-18(23)21-10-12-3-2-4-13(19)7-12/h2-8,22H,9-10H2,1H3,(H,21,23). The summed E-state index contributed by atoms with van der Waals surface area (Å²) in [5.41, 5.74) is 3.11. The first-order valence-electron chi connectivity index (χ1n) is 7.31. The molecule has 0 bridgehead atoms. The lowest BCUT2D eigenvalue weighted by Crippen LogP contribution is -2.24. The summed E-state index contributed by atoms with van der Waals surface area (Å²) in [5.74, 6) is -0.861. The molecular weight excluding hydrogens is 298 g/mol. The lowest BCUT2D eigenvalue weighted by molar-refractivity contribution is -0.120. The Hall–Kier alpha value is -2.69. The van der Waals surface area contributed by atoms with E-state index < -0.39 is 0 Å². The van der Waals surface area contributed by atoms with Crippen molar-refractivity contribution in [1.29, 1.82) is 0 Å². The normalized spacial score (nSPS) is 10.9. The molecule has 0 aliphatic rings. The molecule has 5 heteroatoms. The summed E-state index contributed by atoms with van der Waals surface area (Å²) >= 11 is 0. The van der Waals surface area contributed by atoms with Gasteiger partial charge in [-0.05, 0) is 48.4 Å². The van der Waals surface area contributed by atoms with E-state index in [0.29, 0.717) is 10.9 Å². The van der Waals surface area contributed by atoms with Crippen molar-refractivity contribution in [2.75, 3.05) is 0 Å². The fraction of sp³-hybridized carbons (Fsp3) is 0.167. The molecule has 23 heavy (non-hydrogen) atoms. The van der Waals surface area contributed by atoms with E-state index >= 15 is 0 Å². The van der Waals surface area contributed by atoms with Gasteiger partial charge < -0.3 is 10.3 Å². The second-order valence-electron chi connectivity index (χ2n) is 5.50. The third kappa shape index (κ3) is 3.39. The average molecular weight is 314 g/mol. The minimum Gasteiger partial charge on any atom is -0.358 e. The quantitative estimate of drug-likeness (QED) is 0.759. The number of aryl methyl sites for hydroxylation is 1. The van der Waals surface area contributed by atoms with Gasteiger partial charge in [0.15, 0.2) is 0 Å². The fourth-order valence-corrected chi connectivity index (χ4v) is 2.65. The molecule has 0 atom stereocenters. The zero-order valence-electron chi connectivity index (χ0n) is 12.6. The van der Waals surface area contributed by atoms with E-state index in [1.54, 1.807) is 18.2 Å². The van der Waals surface area contributed by atoms with Gasteiger partial charge in [0.25, 0.3) is 0 Å². The molecule has 118 valence electrons. The van der Waals surface area contributed by atoms with Crippen LogP contribution in [0.3, 0.4) is 0 Å². The number of fused-ring (bicyclic) bond motifs is 1. The van der Waals surface area contributed by atoms with Crippen LogP contribution in [0.15, 0.2) is 42.5 Å². The van der Waals surface area contributed by atoms with Crippen LogP contribution in [0.4, 0.5) is 8.78 Å². The highest BCUT2D eigenvalue weighted by molar-refractivity contribution is 5.90. The molecule has 0 spiro atoms. The molecular formula is C18H16F2N2O. The fourth-order valence-electron chi connectivity index (χ4n) is 2.65. The summed E-state index contributed by atoms with van der Waals surface area (Å²) in [4.78, 5) is 15.3. The van der Waals surface area contributed by atoms with E-state index in [1.165, 1.54) is 24.3 Å². The molecule has 1 aromatic heterocycles. The molecule has 3 nitrogen and oxygen atoms in total. The van der Waals surface area contributed by atoms with Gasteiger partial charge in [-0.3, -0.25) is 4.79 Å². The predicted molar refractivity (Wildman–Crippen MR) is 84.9 cm³/mol. The number of nitrogens with one attached hydrogen (secondary N) is 2. The van der Waals surface area contributed by atoms with Gasteiger partial charge >= 0.3 is 0 Å². The van der Waals surface area contributed by atoms with E-state index in [0.717, 1.165) is 16.8 Å². The third-order valence-corrected chi connectivity index (χ3v) is 3.80. The summed E-state index contributed by atoms with van der Waals surface area (Å²) in [5, 5.41) is 3.47. The Morgan fingerprint density at radius 1 is 1.13 bits per heavy atom. The first kappa shape index (κ1) is 15.2. The number of halogens is 2. The van der Waals surface area contributed by atoms with Crippen LogP contribution < -0.4 is 5.32 Å². The van der Waals surface area contributed by atoms with Crippen molar-refractivity contribution < 1.29 is 13.6 Å². The van der Waals surface area contributed by atoms with Crippen LogP contribution in [-0.2, 0) is 17.8 Å². The number of H-pyrrole nitrogens is 1. The Morgan fingerprint density at radius 2 is 1.91 bits per heavy atom. The Labute approximate surface area is 132 Å². The SMILES string of the molecule is Cc1[nH]c2ccc(F)cc2c1CC(=O)NCc1cccc(F)c1. The monoisotopic (exact) mass is 314 g/mol. The van der Waals surface area contributed by atoms with Crippen molar-refractivity contribution in [1.82, 2.24) is 10.3 Å². The molecule has 0 saturated heterocycles. The summed E-state index contributed by atoms with van der Waals surface area (Å²) in [6.07, 6.45) is 0.143. The topological polar surface area (TPSA) is 44.9 Å².